The molecule has 3 rings (SSSR count). The summed E-state index contributed by atoms with van der Waals surface area (Å²) in [6, 6.07) is 12.9. The van der Waals surface area contributed by atoms with E-state index in [2.05, 4.69) is 13.8 Å². The molecule has 0 saturated heterocycles. The van der Waals surface area contributed by atoms with Gasteiger partial charge in [-0.15, -0.1) is 0 Å². The van der Waals surface area contributed by atoms with Crippen LogP contribution in [-0.2, 0) is 21.2 Å². The molecule has 0 radical (unpaired) electrons. The van der Waals surface area contributed by atoms with Gasteiger partial charge in [0.2, 0.25) is 5.91 Å². The van der Waals surface area contributed by atoms with Gasteiger partial charge in [-0.05, 0) is 67.1 Å². The summed E-state index contributed by atoms with van der Waals surface area (Å²) in [4.78, 5) is 14.0. The molecule has 2 aromatic carbocycles. The number of amides is 1. The van der Waals surface area contributed by atoms with Gasteiger partial charge in [0.15, 0.2) is 0 Å². The van der Waals surface area contributed by atoms with Crippen LogP contribution in [0.3, 0.4) is 0 Å². The molecule has 0 spiro atoms. The molecule has 1 atom stereocenters. The second-order valence-electron chi connectivity index (χ2n) is 8.06. The topological polar surface area (TPSA) is 57.7 Å². The molecule has 0 saturated carbocycles. The molecule has 1 amide bonds. The van der Waals surface area contributed by atoms with Crippen LogP contribution in [0.5, 0.6) is 0 Å². The molecule has 29 heavy (non-hydrogen) atoms. The summed E-state index contributed by atoms with van der Waals surface area (Å²) in [7, 11) is -3.70. The van der Waals surface area contributed by atoms with Crippen molar-refractivity contribution in [3.63, 3.8) is 0 Å². The van der Waals surface area contributed by atoms with Gasteiger partial charge in [0.05, 0.1) is 10.6 Å². The Morgan fingerprint density at radius 3 is 2.38 bits per heavy atom. The van der Waals surface area contributed by atoms with Crippen molar-refractivity contribution in [3.05, 3.63) is 53.6 Å². The van der Waals surface area contributed by atoms with Crippen LogP contribution in [0.25, 0.3) is 0 Å². The van der Waals surface area contributed by atoms with E-state index >= 15 is 0 Å². The van der Waals surface area contributed by atoms with Gasteiger partial charge in [0.1, 0.15) is 0 Å². The maximum Gasteiger partial charge on any atom is 0.264 e. The largest absolute Gasteiger partial charge is 0.309 e. The third kappa shape index (κ3) is 4.04. The Bertz CT molecular complexity index is 997. The van der Waals surface area contributed by atoms with Crippen LogP contribution in [0.2, 0.25) is 0 Å². The lowest BCUT2D eigenvalue weighted by Gasteiger charge is -2.25. The van der Waals surface area contributed by atoms with E-state index in [1.807, 2.05) is 38.1 Å². The second-order valence-corrected chi connectivity index (χ2v) is 9.92. The summed E-state index contributed by atoms with van der Waals surface area (Å²) in [6.07, 6.45) is 1.38. The normalized spacial score (nSPS) is 16.2. The Morgan fingerprint density at radius 2 is 1.83 bits per heavy atom. The number of hydrogen-bond donors (Lipinski definition) is 0. The number of carbonyl (C=O) groups excluding carboxylic acids is 1. The molecule has 2 aromatic rings. The number of anilines is 2. The number of carbonyl (C=O) groups is 1. The van der Waals surface area contributed by atoms with Gasteiger partial charge in [0, 0.05) is 25.2 Å². The molecule has 0 bridgehead atoms. The van der Waals surface area contributed by atoms with Crippen LogP contribution in [0.1, 0.15) is 58.1 Å². The zero-order valence-corrected chi connectivity index (χ0v) is 18.7. The average molecular weight is 415 g/mol. The summed E-state index contributed by atoms with van der Waals surface area (Å²) < 4.78 is 28.5. The van der Waals surface area contributed by atoms with Crippen molar-refractivity contribution in [2.24, 2.45) is 0 Å². The molecule has 0 N–H and O–H groups in total. The molecule has 1 heterocycles. The molecular weight excluding hydrogens is 384 g/mol. The van der Waals surface area contributed by atoms with E-state index in [-0.39, 0.29) is 16.8 Å². The van der Waals surface area contributed by atoms with E-state index in [1.54, 1.807) is 30.0 Å². The van der Waals surface area contributed by atoms with E-state index in [0.717, 1.165) is 11.3 Å². The lowest BCUT2D eigenvalue weighted by atomic mass is 10.0. The van der Waals surface area contributed by atoms with Crippen LogP contribution in [0, 0.1) is 0 Å². The summed E-state index contributed by atoms with van der Waals surface area (Å²) in [5.41, 5.74) is 3.57. The van der Waals surface area contributed by atoms with E-state index in [4.69, 9.17) is 0 Å². The van der Waals surface area contributed by atoms with Gasteiger partial charge >= 0.3 is 0 Å². The van der Waals surface area contributed by atoms with Crippen molar-refractivity contribution in [2.75, 3.05) is 15.7 Å². The zero-order chi connectivity index (χ0) is 21.3. The van der Waals surface area contributed by atoms with Crippen molar-refractivity contribution in [1.29, 1.82) is 0 Å². The molecular formula is C23H30N2O3S. The molecule has 0 fully saturated rings. The van der Waals surface area contributed by atoms with E-state index in [9.17, 15) is 13.2 Å². The predicted molar refractivity (Wildman–Crippen MR) is 118 cm³/mol. The van der Waals surface area contributed by atoms with E-state index < -0.39 is 10.0 Å². The predicted octanol–water partition coefficient (Wildman–Crippen LogP) is 4.71. The minimum absolute atomic E-state index is 0.0234. The highest BCUT2D eigenvalue weighted by Gasteiger charge is 2.32. The first-order valence-corrected chi connectivity index (χ1v) is 11.7. The fourth-order valence-electron chi connectivity index (χ4n) is 3.99. The fourth-order valence-corrected chi connectivity index (χ4v) is 5.60. The van der Waals surface area contributed by atoms with Gasteiger partial charge < -0.3 is 4.90 Å². The first kappa shape index (κ1) is 21.4. The molecule has 5 nitrogen and oxygen atoms in total. The van der Waals surface area contributed by atoms with Crippen molar-refractivity contribution in [2.45, 2.75) is 64.3 Å². The van der Waals surface area contributed by atoms with Crippen LogP contribution >= 0.6 is 0 Å². The Morgan fingerprint density at radius 1 is 1.17 bits per heavy atom. The Balaban J connectivity index is 2.00. The molecule has 1 unspecified atom stereocenters. The van der Waals surface area contributed by atoms with Crippen LogP contribution in [-0.4, -0.2) is 26.9 Å². The molecule has 0 aromatic heterocycles. The van der Waals surface area contributed by atoms with Crippen molar-refractivity contribution in [3.8, 4) is 0 Å². The van der Waals surface area contributed by atoms with Crippen molar-refractivity contribution in [1.82, 2.24) is 0 Å². The maximum atomic E-state index is 13.5. The highest BCUT2D eigenvalue weighted by atomic mass is 32.2. The molecule has 1 aliphatic rings. The minimum atomic E-state index is -3.70. The monoisotopic (exact) mass is 414 g/mol. The Hall–Kier alpha value is -2.34. The first-order chi connectivity index (χ1) is 13.7. The van der Waals surface area contributed by atoms with Crippen LogP contribution in [0.4, 0.5) is 11.4 Å². The van der Waals surface area contributed by atoms with Crippen molar-refractivity contribution >= 4 is 27.3 Å². The Labute approximate surface area is 174 Å². The summed E-state index contributed by atoms with van der Waals surface area (Å²) >= 11 is 0. The highest BCUT2D eigenvalue weighted by molar-refractivity contribution is 7.92. The highest BCUT2D eigenvalue weighted by Crippen LogP contribution is 2.35. The molecule has 6 heteroatoms. The number of fused-ring (bicyclic) bond motifs is 1. The third-order valence-corrected chi connectivity index (χ3v) is 7.29. The van der Waals surface area contributed by atoms with Gasteiger partial charge in [-0.3, -0.25) is 9.10 Å². The number of nitrogens with zero attached hydrogens (tertiary/aromatic N) is 2. The van der Waals surface area contributed by atoms with E-state index in [1.165, 1.54) is 9.87 Å². The zero-order valence-electron chi connectivity index (χ0n) is 17.8. The quantitative estimate of drug-likeness (QED) is 0.688. The fraction of sp³-hybridized carbons (Fsp3) is 0.435. The number of rotatable bonds is 6. The van der Waals surface area contributed by atoms with Gasteiger partial charge in [-0.2, -0.15) is 0 Å². The smallest absolute Gasteiger partial charge is 0.264 e. The number of hydrogen-bond acceptors (Lipinski definition) is 3. The standard InChI is InChI=1S/C23H30N2O3S/c1-6-13-24(21-9-7-19(8-10-21)16(2)3)29(27,28)22-11-12-23-20(15-22)14-17(4)25(23)18(5)26/h7-12,15-17H,6,13-14H2,1-5H3. The molecule has 1 aliphatic heterocycles. The lowest BCUT2D eigenvalue weighted by Crippen LogP contribution is -2.33. The minimum Gasteiger partial charge on any atom is -0.309 e. The molecule has 156 valence electrons. The number of sulfonamides is 1. The summed E-state index contributed by atoms with van der Waals surface area (Å²) in [6.45, 7) is 10.1. The third-order valence-electron chi connectivity index (χ3n) is 5.47. The average Bonchev–Trinajstić information content (AvgIpc) is 3.01. The second kappa shape index (κ2) is 8.19. The van der Waals surface area contributed by atoms with Crippen molar-refractivity contribution < 1.29 is 13.2 Å². The van der Waals surface area contributed by atoms with Crippen LogP contribution < -0.4 is 9.21 Å². The number of benzene rings is 2. The van der Waals surface area contributed by atoms with Gasteiger partial charge in [-0.1, -0.05) is 32.9 Å². The van der Waals surface area contributed by atoms with E-state index in [0.29, 0.717) is 31.0 Å². The Kier molecular flexibility index (Phi) is 6.03. The lowest BCUT2D eigenvalue weighted by molar-refractivity contribution is -0.116. The SMILES string of the molecule is CCCN(c1ccc(C(C)C)cc1)S(=O)(=O)c1ccc2c(c1)CC(C)N2C(C)=O. The van der Waals surface area contributed by atoms with Gasteiger partial charge in [-0.25, -0.2) is 8.42 Å². The first-order valence-electron chi connectivity index (χ1n) is 10.2. The summed E-state index contributed by atoms with van der Waals surface area (Å²) in [5.74, 6) is 0.368. The van der Waals surface area contributed by atoms with Gasteiger partial charge in [0.25, 0.3) is 10.0 Å². The molecule has 0 aliphatic carbocycles. The summed E-state index contributed by atoms with van der Waals surface area (Å²) in [5, 5.41) is 0. The maximum absolute atomic E-state index is 13.5. The van der Waals surface area contributed by atoms with Crippen LogP contribution in [0.15, 0.2) is 47.4 Å².